The molecule has 0 aliphatic heterocycles. The van der Waals surface area contributed by atoms with Gasteiger partial charge < -0.3 is 15.7 Å². The lowest BCUT2D eigenvalue weighted by Crippen LogP contribution is -2.34. The number of benzene rings is 1. The Morgan fingerprint density at radius 2 is 1.95 bits per heavy atom. The van der Waals surface area contributed by atoms with Gasteiger partial charge in [-0.1, -0.05) is 43.0 Å². The number of anilines is 1. The molecule has 0 aliphatic carbocycles. The lowest BCUT2D eigenvalue weighted by atomic mass is 10.2. The molecule has 1 aromatic carbocycles. The summed E-state index contributed by atoms with van der Waals surface area (Å²) in [6, 6.07) is 2.65. The maximum Gasteiger partial charge on any atom is 0.337 e. The second-order valence-corrected chi connectivity index (χ2v) is 5.83. The minimum atomic E-state index is -1.20. The number of hydrogen-bond acceptors (Lipinski definition) is 3. The van der Waals surface area contributed by atoms with Crippen LogP contribution >= 0.6 is 35.4 Å². The van der Waals surface area contributed by atoms with Gasteiger partial charge in [-0.25, -0.2) is 4.79 Å². The maximum absolute atomic E-state index is 11.7. The first-order valence-electron chi connectivity index (χ1n) is 6.68. The van der Waals surface area contributed by atoms with E-state index in [1.807, 2.05) is 6.92 Å². The van der Waals surface area contributed by atoms with E-state index < -0.39 is 5.97 Å². The molecule has 1 rings (SSSR count). The zero-order valence-electron chi connectivity index (χ0n) is 11.9. The Hall–Kier alpha value is -1.37. The number of nitrogens with one attached hydrogen (secondary N) is 2. The molecule has 120 valence electrons. The summed E-state index contributed by atoms with van der Waals surface area (Å²) in [6.07, 6.45) is 3.10. The van der Waals surface area contributed by atoms with Crippen LogP contribution in [0, 0.1) is 0 Å². The quantitative estimate of drug-likeness (QED) is 0.524. The van der Waals surface area contributed by atoms with Crippen molar-refractivity contribution in [2.75, 3.05) is 5.32 Å². The topological polar surface area (TPSA) is 78.4 Å². The van der Waals surface area contributed by atoms with Crippen LogP contribution in [0.15, 0.2) is 12.1 Å². The summed E-state index contributed by atoms with van der Waals surface area (Å²) in [5.41, 5.74) is -0.0301. The van der Waals surface area contributed by atoms with E-state index in [1.165, 1.54) is 12.1 Å². The van der Waals surface area contributed by atoms with Crippen molar-refractivity contribution in [1.82, 2.24) is 5.32 Å². The van der Waals surface area contributed by atoms with E-state index in [2.05, 4.69) is 10.6 Å². The number of aromatic carboxylic acids is 1. The Kier molecular flexibility index (Phi) is 7.58. The van der Waals surface area contributed by atoms with E-state index in [1.54, 1.807) is 0 Å². The molecular weight excluding hydrogens is 347 g/mol. The highest BCUT2D eigenvalue weighted by Gasteiger charge is 2.16. The molecule has 0 radical (unpaired) electrons. The highest BCUT2D eigenvalue weighted by Crippen LogP contribution is 2.30. The minimum absolute atomic E-state index is 0.00628. The highest BCUT2D eigenvalue weighted by atomic mass is 35.5. The Morgan fingerprint density at radius 3 is 2.55 bits per heavy atom. The third-order valence-electron chi connectivity index (χ3n) is 2.78. The average Bonchev–Trinajstić information content (AvgIpc) is 2.41. The van der Waals surface area contributed by atoms with Crippen LogP contribution in [0.3, 0.4) is 0 Å². The monoisotopic (exact) mass is 362 g/mol. The van der Waals surface area contributed by atoms with Gasteiger partial charge in [-0.3, -0.25) is 4.79 Å². The predicted octanol–water partition coefficient (Wildman–Crippen LogP) is 4.08. The number of halogens is 2. The highest BCUT2D eigenvalue weighted by molar-refractivity contribution is 7.80. The van der Waals surface area contributed by atoms with Gasteiger partial charge in [-0.2, -0.15) is 0 Å². The second kappa shape index (κ2) is 8.92. The molecule has 0 aromatic heterocycles. The zero-order chi connectivity index (χ0) is 16.7. The first kappa shape index (κ1) is 18.7. The van der Waals surface area contributed by atoms with Crippen molar-refractivity contribution in [3.8, 4) is 0 Å². The van der Waals surface area contributed by atoms with Gasteiger partial charge in [-0.05, 0) is 30.8 Å². The predicted molar refractivity (Wildman–Crippen MR) is 91.9 cm³/mol. The van der Waals surface area contributed by atoms with E-state index in [0.29, 0.717) is 6.42 Å². The van der Waals surface area contributed by atoms with E-state index >= 15 is 0 Å². The molecule has 0 saturated carbocycles. The molecule has 0 atom stereocenters. The van der Waals surface area contributed by atoms with E-state index in [-0.39, 0.29) is 32.3 Å². The molecule has 1 aromatic rings. The molecule has 22 heavy (non-hydrogen) atoms. The molecule has 0 heterocycles. The fraction of sp³-hybridized carbons (Fsp3) is 0.357. The zero-order valence-corrected chi connectivity index (χ0v) is 14.2. The van der Waals surface area contributed by atoms with Gasteiger partial charge in [0.05, 0.1) is 16.3 Å². The molecule has 8 heteroatoms. The maximum atomic E-state index is 11.7. The first-order chi connectivity index (χ1) is 10.3. The fourth-order valence-corrected chi connectivity index (χ4v) is 2.50. The van der Waals surface area contributed by atoms with Crippen LogP contribution in [-0.2, 0) is 4.79 Å². The lowest BCUT2D eigenvalue weighted by molar-refractivity contribution is -0.119. The SMILES string of the molecule is CCCCCC(=O)NC(=S)Nc1c(Cl)cc(Cl)cc1C(=O)O. The molecule has 0 aliphatic rings. The van der Waals surface area contributed by atoms with Crippen LogP contribution in [0.1, 0.15) is 43.0 Å². The van der Waals surface area contributed by atoms with Gasteiger partial charge in [0.2, 0.25) is 5.91 Å². The van der Waals surface area contributed by atoms with E-state index in [9.17, 15) is 9.59 Å². The summed E-state index contributed by atoms with van der Waals surface area (Å²) in [7, 11) is 0. The summed E-state index contributed by atoms with van der Waals surface area (Å²) >= 11 is 16.8. The van der Waals surface area contributed by atoms with Gasteiger partial charge >= 0.3 is 5.97 Å². The summed E-state index contributed by atoms with van der Waals surface area (Å²) in [5, 5.41) is 14.6. The fourth-order valence-electron chi connectivity index (χ4n) is 1.74. The van der Waals surface area contributed by atoms with Gasteiger partial charge in [0, 0.05) is 11.4 Å². The summed E-state index contributed by atoms with van der Waals surface area (Å²) in [4.78, 5) is 22.9. The molecular formula is C14H16Cl2N2O3S. The molecule has 0 saturated heterocycles. The first-order valence-corrected chi connectivity index (χ1v) is 7.84. The standard InChI is InChI=1S/C14H16Cl2N2O3S/c1-2-3-4-5-11(19)17-14(22)18-12-9(13(20)21)6-8(15)7-10(12)16/h6-7H,2-5H2,1H3,(H,20,21)(H2,17,18,19,22). The van der Waals surface area contributed by atoms with Crippen molar-refractivity contribution in [3.05, 3.63) is 27.7 Å². The number of hydrogen-bond donors (Lipinski definition) is 3. The average molecular weight is 363 g/mol. The van der Waals surface area contributed by atoms with Gasteiger partial charge in [0.1, 0.15) is 0 Å². The number of carboxylic acid groups (broad SMARTS) is 1. The van der Waals surface area contributed by atoms with E-state index in [0.717, 1.165) is 19.3 Å². The summed E-state index contributed by atoms with van der Waals surface area (Å²) < 4.78 is 0. The van der Waals surface area contributed by atoms with Crippen LogP contribution < -0.4 is 10.6 Å². The van der Waals surface area contributed by atoms with Crippen molar-refractivity contribution in [1.29, 1.82) is 0 Å². The van der Waals surface area contributed by atoms with Crippen LogP contribution in [0.5, 0.6) is 0 Å². The van der Waals surface area contributed by atoms with Gasteiger partial charge in [-0.15, -0.1) is 0 Å². The van der Waals surface area contributed by atoms with Crippen molar-refractivity contribution < 1.29 is 14.7 Å². The molecule has 0 fully saturated rings. The van der Waals surface area contributed by atoms with E-state index in [4.69, 9.17) is 40.5 Å². The van der Waals surface area contributed by atoms with Crippen LogP contribution in [-0.4, -0.2) is 22.1 Å². The Morgan fingerprint density at radius 1 is 1.27 bits per heavy atom. The Labute approximate surface area is 144 Å². The molecule has 0 unspecified atom stereocenters. The Balaban J connectivity index is 2.76. The largest absolute Gasteiger partial charge is 0.478 e. The molecule has 5 nitrogen and oxygen atoms in total. The second-order valence-electron chi connectivity index (χ2n) is 4.57. The Bertz CT molecular complexity index is 594. The third kappa shape index (κ3) is 5.79. The number of carbonyl (C=O) groups is 2. The molecule has 1 amide bonds. The van der Waals surface area contributed by atoms with Crippen molar-refractivity contribution in [3.63, 3.8) is 0 Å². The van der Waals surface area contributed by atoms with Gasteiger partial charge in [0.15, 0.2) is 5.11 Å². The number of unbranched alkanes of at least 4 members (excludes halogenated alkanes) is 2. The number of carboxylic acids is 1. The smallest absolute Gasteiger partial charge is 0.337 e. The number of carbonyl (C=O) groups excluding carboxylic acids is 1. The summed E-state index contributed by atoms with van der Waals surface area (Å²) in [5.74, 6) is -1.43. The van der Waals surface area contributed by atoms with Crippen LogP contribution in [0.4, 0.5) is 5.69 Å². The van der Waals surface area contributed by atoms with Crippen LogP contribution in [0.25, 0.3) is 0 Å². The third-order valence-corrected chi connectivity index (χ3v) is 3.50. The minimum Gasteiger partial charge on any atom is -0.478 e. The number of amides is 1. The van der Waals surface area contributed by atoms with Crippen LogP contribution in [0.2, 0.25) is 10.0 Å². The molecule has 0 bridgehead atoms. The molecule has 3 N–H and O–H groups in total. The van der Waals surface area contributed by atoms with Crippen molar-refractivity contribution in [2.24, 2.45) is 0 Å². The van der Waals surface area contributed by atoms with Crippen molar-refractivity contribution in [2.45, 2.75) is 32.6 Å². The lowest BCUT2D eigenvalue weighted by Gasteiger charge is -2.13. The van der Waals surface area contributed by atoms with Gasteiger partial charge in [0.25, 0.3) is 0 Å². The summed E-state index contributed by atoms with van der Waals surface area (Å²) in [6.45, 7) is 2.04. The van der Waals surface area contributed by atoms with Crippen molar-refractivity contribution >= 4 is 58.1 Å². The molecule has 0 spiro atoms. The normalized spacial score (nSPS) is 10.1. The number of rotatable bonds is 6. The number of thiocarbonyl (C=S) groups is 1.